The molecule has 1 amide bonds. The summed E-state index contributed by atoms with van der Waals surface area (Å²) in [5, 5.41) is 3.03. The first-order chi connectivity index (χ1) is 15.2. The van der Waals surface area contributed by atoms with E-state index in [1.807, 2.05) is 48.5 Å². The molecule has 0 saturated carbocycles. The summed E-state index contributed by atoms with van der Waals surface area (Å²) in [7, 11) is 1.62. The fourth-order valence-electron chi connectivity index (χ4n) is 3.78. The van der Waals surface area contributed by atoms with Crippen LogP contribution < -0.4 is 19.7 Å². The Morgan fingerprint density at radius 1 is 1.13 bits per heavy atom. The number of hydrogen-bond donors (Lipinski definition) is 1. The Morgan fingerprint density at radius 3 is 2.58 bits per heavy atom. The van der Waals surface area contributed by atoms with Gasteiger partial charge < -0.3 is 19.7 Å². The second kappa shape index (κ2) is 9.64. The highest BCUT2D eigenvalue weighted by Crippen LogP contribution is 2.31. The van der Waals surface area contributed by atoms with Crippen molar-refractivity contribution in [3.8, 4) is 11.6 Å². The van der Waals surface area contributed by atoms with Crippen molar-refractivity contribution >= 4 is 28.4 Å². The number of carbonyl (C=O) groups excluding carboxylic acids is 1. The lowest BCUT2D eigenvalue weighted by Gasteiger charge is -2.33. The lowest BCUT2D eigenvalue weighted by atomic mass is 9.97. The molecule has 3 aromatic rings. The van der Waals surface area contributed by atoms with Crippen LogP contribution in [-0.4, -0.2) is 42.7 Å². The lowest BCUT2D eigenvalue weighted by molar-refractivity contribution is -0.120. The van der Waals surface area contributed by atoms with Crippen LogP contribution >= 0.6 is 0 Å². The van der Waals surface area contributed by atoms with E-state index in [1.54, 1.807) is 7.11 Å². The number of piperidine rings is 1. The van der Waals surface area contributed by atoms with Crippen molar-refractivity contribution in [3.63, 3.8) is 0 Å². The largest absolute Gasteiger partial charge is 0.497 e. The van der Waals surface area contributed by atoms with Crippen molar-refractivity contribution in [3.05, 3.63) is 48.5 Å². The summed E-state index contributed by atoms with van der Waals surface area (Å²) >= 11 is 0. The molecule has 1 aliphatic rings. The number of benzene rings is 2. The molecule has 7 nitrogen and oxygen atoms in total. The van der Waals surface area contributed by atoms with Gasteiger partial charge in [-0.3, -0.25) is 4.79 Å². The van der Waals surface area contributed by atoms with E-state index in [-0.39, 0.29) is 11.8 Å². The van der Waals surface area contributed by atoms with Crippen LogP contribution in [-0.2, 0) is 4.79 Å². The number of carbonyl (C=O) groups is 1. The van der Waals surface area contributed by atoms with Gasteiger partial charge >= 0.3 is 0 Å². The first-order valence-corrected chi connectivity index (χ1v) is 10.8. The smallest absolute Gasteiger partial charge is 0.258 e. The maximum absolute atomic E-state index is 12.9. The Balaban J connectivity index is 1.53. The van der Waals surface area contributed by atoms with Crippen LogP contribution in [0, 0.1) is 5.92 Å². The van der Waals surface area contributed by atoms with Crippen LogP contribution in [0.4, 0.5) is 11.5 Å². The predicted octanol–water partition coefficient (Wildman–Crippen LogP) is 4.28. The molecule has 0 spiro atoms. The Morgan fingerprint density at radius 2 is 1.87 bits per heavy atom. The highest BCUT2D eigenvalue weighted by molar-refractivity contribution is 5.93. The summed E-state index contributed by atoms with van der Waals surface area (Å²) in [4.78, 5) is 24.6. The second-order valence-electron chi connectivity index (χ2n) is 7.69. The number of nitrogens with one attached hydrogen (secondary N) is 1. The standard InChI is InChI=1S/C24H28N4O3/c1-3-15-31-24-22(26-20-8-4-5-9-21(20)27-24)28-14-6-7-17(16-28)23(29)25-18-10-12-19(30-2)13-11-18/h4-5,8-13,17H,3,6-7,14-16H2,1-2H3,(H,25,29). The summed E-state index contributed by atoms with van der Waals surface area (Å²) in [6.45, 7) is 4.04. The number of methoxy groups -OCH3 is 1. The van der Waals surface area contributed by atoms with Gasteiger partial charge in [0.1, 0.15) is 5.75 Å². The first-order valence-electron chi connectivity index (χ1n) is 10.8. The molecule has 31 heavy (non-hydrogen) atoms. The van der Waals surface area contributed by atoms with Crippen LogP contribution in [0.1, 0.15) is 26.2 Å². The number of ether oxygens (including phenoxy) is 2. The Kier molecular flexibility index (Phi) is 6.50. The normalized spacial score (nSPS) is 16.2. The molecular weight excluding hydrogens is 392 g/mol. The van der Waals surface area contributed by atoms with Gasteiger partial charge in [-0.1, -0.05) is 19.1 Å². The van der Waals surface area contributed by atoms with E-state index in [9.17, 15) is 4.79 Å². The summed E-state index contributed by atoms with van der Waals surface area (Å²) in [5.41, 5.74) is 2.40. The number of fused-ring (bicyclic) bond motifs is 1. The van der Waals surface area contributed by atoms with Crippen molar-refractivity contribution in [2.45, 2.75) is 26.2 Å². The summed E-state index contributed by atoms with van der Waals surface area (Å²) in [5.74, 6) is 1.89. The SMILES string of the molecule is CCCOc1nc2ccccc2nc1N1CCCC(C(=O)Nc2ccc(OC)cc2)C1. The van der Waals surface area contributed by atoms with Crippen LogP contribution in [0.3, 0.4) is 0 Å². The zero-order valence-corrected chi connectivity index (χ0v) is 18.0. The Hall–Kier alpha value is -3.35. The summed E-state index contributed by atoms with van der Waals surface area (Å²) in [6, 6.07) is 15.2. The monoisotopic (exact) mass is 420 g/mol. The number of anilines is 2. The number of amides is 1. The minimum absolute atomic E-state index is 0.0136. The molecule has 4 rings (SSSR count). The van der Waals surface area contributed by atoms with Crippen molar-refractivity contribution in [1.29, 1.82) is 0 Å². The number of hydrogen-bond acceptors (Lipinski definition) is 6. The molecule has 7 heteroatoms. The summed E-state index contributed by atoms with van der Waals surface area (Å²) in [6.07, 6.45) is 2.63. The third-order valence-electron chi connectivity index (χ3n) is 5.41. The van der Waals surface area contributed by atoms with Gasteiger partial charge in [-0.2, -0.15) is 0 Å². The zero-order valence-electron chi connectivity index (χ0n) is 18.0. The summed E-state index contributed by atoms with van der Waals surface area (Å²) < 4.78 is 11.1. The van der Waals surface area contributed by atoms with E-state index in [1.165, 1.54) is 0 Å². The van der Waals surface area contributed by atoms with Crippen LogP contribution in [0.15, 0.2) is 48.5 Å². The first kappa shape index (κ1) is 20.9. The number of rotatable bonds is 7. The molecule has 0 aliphatic carbocycles. The average molecular weight is 421 g/mol. The van der Waals surface area contributed by atoms with E-state index in [4.69, 9.17) is 19.4 Å². The molecule has 1 atom stereocenters. The molecular formula is C24H28N4O3. The molecule has 0 radical (unpaired) electrons. The lowest BCUT2D eigenvalue weighted by Crippen LogP contribution is -2.41. The minimum Gasteiger partial charge on any atom is -0.497 e. The fourth-order valence-corrected chi connectivity index (χ4v) is 3.78. The van der Waals surface area contributed by atoms with Crippen molar-refractivity contribution < 1.29 is 14.3 Å². The van der Waals surface area contributed by atoms with E-state index >= 15 is 0 Å². The fraction of sp³-hybridized carbons (Fsp3) is 0.375. The number of para-hydroxylation sites is 2. The number of aromatic nitrogens is 2. The third kappa shape index (κ3) is 4.87. The Labute approximate surface area is 182 Å². The van der Waals surface area contributed by atoms with Crippen LogP contribution in [0.5, 0.6) is 11.6 Å². The van der Waals surface area contributed by atoms with Gasteiger partial charge in [0.2, 0.25) is 5.91 Å². The maximum atomic E-state index is 12.9. The molecule has 1 fully saturated rings. The van der Waals surface area contributed by atoms with Crippen molar-refractivity contribution in [2.75, 3.05) is 37.0 Å². The predicted molar refractivity (Wildman–Crippen MR) is 122 cm³/mol. The van der Waals surface area contributed by atoms with Gasteiger partial charge in [0.05, 0.1) is 30.7 Å². The second-order valence-corrected chi connectivity index (χ2v) is 7.69. The molecule has 0 bridgehead atoms. The number of nitrogens with zero attached hydrogens (tertiary/aromatic N) is 3. The molecule has 162 valence electrons. The van der Waals surface area contributed by atoms with Crippen LogP contribution in [0.25, 0.3) is 11.0 Å². The Bertz CT molecular complexity index is 1040. The topological polar surface area (TPSA) is 76.6 Å². The van der Waals surface area contributed by atoms with Gasteiger partial charge in [0, 0.05) is 18.8 Å². The highest BCUT2D eigenvalue weighted by Gasteiger charge is 2.29. The molecule has 1 saturated heterocycles. The molecule has 1 aromatic heterocycles. The van der Waals surface area contributed by atoms with Gasteiger partial charge in [0.15, 0.2) is 5.82 Å². The minimum atomic E-state index is -0.136. The molecule has 2 heterocycles. The van der Waals surface area contributed by atoms with Crippen LogP contribution in [0.2, 0.25) is 0 Å². The van der Waals surface area contributed by atoms with E-state index in [0.717, 1.165) is 48.3 Å². The molecule has 2 aromatic carbocycles. The van der Waals surface area contributed by atoms with Gasteiger partial charge in [-0.25, -0.2) is 9.97 Å². The van der Waals surface area contributed by atoms with E-state index < -0.39 is 0 Å². The average Bonchev–Trinajstić information content (AvgIpc) is 2.82. The van der Waals surface area contributed by atoms with Crippen molar-refractivity contribution in [2.24, 2.45) is 5.92 Å². The molecule has 1 unspecified atom stereocenters. The molecule has 1 aliphatic heterocycles. The van der Waals surface area contributed by atoms with Gasteiger partial charge in [-0.15, -0.1) is 0 Å². The zero-order chi connectivity index (χ0) is 21.6. The third-order valence-corrected chi connectivity index (χ3v) is 5.41. The van der Waals surface area contributed by atoms with Gasteiger partial charge in [-0.05, 0) is 55.7 Å². The van der Waals surface area contributed by atoms with E-state index in [0.29, 0.717) is 24.8 Å². The molecule has 1 N–H and O–H groups in total. The van der Waals surface area contributed by atoms with Crippen molar-refractivity contribution in [1.82, 2.24) is 9.97 Å². The van der Waals surface area contributed by atoms with E-state index in [2.05, 4.69) is 17.1 Å². The maximum Gasteiger partial charge on any atom is 0.258 e. The highest BCUT2D eigenvalue weighted by atomic mass is 16.5. The van der Waals surface area contributed by atoms with Gasteiger partial charge in [0.25, 0.3) is 5.88 Å². The quantitative estimate of drug-likeness (QED) is 0.615.